The van der Waals surface area contributed by atoms with Crippen LogP contribution in [0.25, 0.3) is 0 Å². The normalized spacial score (nSPS) is 17.3. The maximum atomic E-state index is 12.6. The number of carbonyl (C=O) groups excluding carboxylic acids is 1. The Labute approximate surface area is 136 Å². The highest BCUT2D eigenvalue weighted by molar-refractivity contribution is 5.94. The largest absolute Gasteiger partial charge is 0.481 e. The monoisotopic (exact) mass is 346 g/mol. The molecule has 9 heteroatoms. The molecule has 1 fully saturated rings. The summed E-state index contributed by atoms with van der Waals surface area (Å²) in [6.45, 7) is 0.759. The molecule has 1 aliphatic rings. The predicted molar refractivity (Wildman–Crippen MR) is 76.2 cm³/mol. The fourth-order valence-corrected chi connectivity index (χ4v) is 2.60. The molecule has 0 spiro atoms. The molecular formula is C15H17F3N2O4. The van der Waals surface area contributed by atoms with E-state index in [1.54, 1.807) is 0 Å². The van der Waals surface area contributed by atoms with Gasteiger partial charge < -0.3 is 15.2 Å². The van der Waals surface area contributed by atoms with Crippen LogP contribution in [-0.2, 0) is 15.7 Å². The number of aromatic nitrogens is 1. The highest BCUT2D eigenvalue weighted by Gasteiger charge is 2.32. The summed E-state index contributed by atoms with van der Waals surface area (Å²) < 4.78 is 43.1. The van der Waals surface area contributed by atoms with Crippen LogP contribution in [0.4, 0.5) is 13.2 Å². The van der Waals surface area contributed by atoms with E-state index in [2.05, 4.69) is 10.3 Å². The van der Waals surface area contributed by atoms with Gasteiger partial charge in [-0.05, 0) is 24.8 Å². The molecule has 132 valence electrons. The second kappa shape index (κ2) is 7.61. The molecule has 6 nitrogen and oxygen atoms in total. The first-order chi connectivity index (χ1) is 11.3. The smallest absolute Gasteiger partial charge is 0.417 e. The van der Waals surface area contributed by atoms with Crippen molar-refractivity contribution in [2.45, 2.75) is 19.0 Å². The quantitative estimate of drug-likeness (QED) is 0.851. The van der Waals surface area contributed by atoms with E-state index in [-0.39, 0.29) is 18.0 Å². The lowest BCUT2D eigenvalue weighted by atomic mass is 9.86. The van der Waals surface area contributed by atoms with Crippen molar-refractivity contribution in [3.63, 3.8) is 0 Å². The van der Waals surface area contributed by atoms with Crippen LogP contribution in [-0.4, -0.2) is 41.7 Å². The number of hydrogen-bond donors (Lipinski definition) is 2. The molecule has 0 aliphatic carbocycles. The second-order valence-corrected chi connectivity index (χ2v) is 5.56. The zero-order chi connectivity index (χ0) is 17.7. The van der Waals surface area contributed by atoms with Crippen molar-refractivity contribution in [3.05, 3.63) is 29.6 Å². The first kappa shape index (κ1) is 18.2. The molecule has 0 aromatic carbocycles. The fourth-order valence-electron chi connectivity index (χ4n) is 2.60. The lowest BCUT2D eigenvalue weighted by Gasteiger charge is -2.27. The molecule has 2 heterocycles. The number of rotatable bonds is 5. The lowest BCUT2D eigenvalue weighted by molar-refractivity contribution is -0.144. The number of halogens is 3. The summed E-state index contributed by atoms with van der Waals surface area (Å²) in [5.41, 5.74) is -1.30. The molecule has 2 N–H and O–H groups in total. The van der Waals surface area contributed by atoms with Crippen LogP contribution < -0.4 is 5.32 Å². The Morgan fingerprint density at radius 1 is 1.33 bits per heavy atom. The van der Waals surface area contributed by atoms with Gasteiger partial charge in [0.2, 0.25) is 0 Å². The Hall–Kier alpha value is -2.16. The van der Waals surface area contributed by atoms with Crippen molar-refractivity contribution in [1.82, 2.24) is 10.3 Å². The SMILES string of the molecule is O=C(NCC(C(=O)O)C1CCOCC1)c1cncc(C(F)(F)F)c1. The number of pyridine rings is 1. The van der Waals surface area contributed by atoms with Gasteiger partial charge in [0.1, 0.15) is 0 Å². The second-order valence-electron chi connectivity index (χ2n) is 5.56. The Bertz CT molecular complexity index is 601. The van der Waals surface area contributed by atoms with Gasteiger partial charge in [-0.15, -0.1) is 0 Å². The van der Waals surface area contributed by atoms with Crippen molar-refractivity contribution in [2.24, 2.45) is 11.8 Å². The van der Waals surface area contributed by atoms with Crippen LogP contribution in [0.3, 0.4) is 0 Å². The van der Waals surface area contributed by atoms with Crippen molar-refractivity contribution >= 4 is 11.9 Å². The maximum absolute atomic E-state index is 12.6. The Balaban J connectivity index is 2.01. The van der Waals surface area contributed by atoms with Crippen LogP contribution in [0, 0.1) is 11.8 Å². The molecule has 2 rings (SSSR count). The summed E-state index contributed by atoms with van der Waals surface area (Å²) in [6.07, 6.45) is -1.83. The van der Waals surface area contributed by atoms with Crippen molar-refractivity contribution in [2.75, 3.05) is 19.8 Å². The van der Waals surface area contributed by atoms with Gasteiger partial charge in [0, 0.05) is 32.2 Å². The number of carboxylic acid groups (broad SMARTS) is 1. The summed E-state index contributed by atoms with van der Waals surface area (Å²) in [6, 6.07) is 0.687. The number of aliphatic carboxylic acids is 1. The van der Waals surface area contributed by atoms with Crippen molar-refractivity contribution in [1.29, 1.82) is 0 Å². The van der Waals surface area contributed by atoms with E-state index >= 15 is 0 Å². The van der Waals surface area contributed by atoms with E-state index in [1.807, 2.05) is 0 Å². The number of alkyl halides is 3. The van der Waals surface area contributed by atoms with E-state index in [0.717, 1.165) is 6.20 Å². The summed E-state index contributed by atoms with van der Waals surface area (Å²) >= 11 is 0. The van der Waals surface area contributed by atoms with Gasteiger partial charge in [-0.1, -0.05) is 0 Å². The molecule has 0 bridgehead atoms. The number of amides is 1. The summed E-state index contributed by atoms with van der Waals surface area (Å²) in [4.78, 5) is 26.8. The topological polar surface area (TPSA) is 88.5 Å². The highest BCUT2D eigenvalue weighted by Crippen LogP contribution is 2.29. The standard InChI is InChI=1S/C15H17F3N2O4/c16-15(17,18)11-5-10(6-19-7-11)13(21)20-8-12(14(22)23)9-1-3-24-4-2-9/h5-7,9,12H,1-4,8H2,(H,20,21)(H,22,23). The van der Waals surface area contributed by atoms with E-state index in [0.29, 0.717) is 38.3 Å². The molecule has 1 unspecified atom stereocenters. The first-order valence-corrected chi connectivity index (χ1v) is 7.40. The van der Waals surface area contributed by atoms with Crippen LogP contribution in [0.2, 0.25) is 0 Å². The summed E-state index contributed by atoms with van der Waals surface area (Å²) in [5, 5.41) is 11.7. The van der Waals surface area contributed by atoms with Gasteiger partial charge in [0.15, 0.2) is 0 Å². The zero-order valence-electron chi connectivity index (χ0n) is 12.7. The van der Waals surface area contributed by atoms with Gasteiger partial charge in [-0.3, -0.25) is 14.6 Å². The Kier molecular flexibility index (Phi) is 5.76. The fraction of sp³-hybridized carbons (Fsp3) is 0.533. The third-order valence-corrected chi connectivity index (χ3v) is 3.96. The molecule has 1 aliphatic heterocycles. The molecule has 0 saturated carbocycles. The Morgan fingerprint density at radius 2 is 2.00 bits per heavy atom. The molecule has 0 radical (unpaired) electrons. The first-order valence-electron chi connectivity index (χ1n) is 7.40. The average Bonchev–Trinajstić information content (AvgIpc) is 2.55. The van der Waals surface area contributed by atoms with Gasteiger partial charge in [-0.25, -0.2) is 0 Å². The minimum Gasteiger partial charge on any atom is -0.481 e. The number of nitrogens with zero attached hydrogens (tertiary/aromatic N) is 1. The molecule has 1 amide bonds. The zero-order valence-corrected chi connectivity index (χ0v) is 12.7. The number of carboxylic acids is 1. The van der Waals surface area contributed by atoms with Gasteiger partial charge in [-0.2, -0.15) is 13.2 Å². The molecule has 1 aromatic rings. The number of hydrogen-bond acceptors (Lipinski definition) is 4. The van der Waals surface area contributed by atoms with Crippen molar-refractivity contribution in [3.8, 4) is 0 Å². The number of ether oxygens (including phenoxy) is 1. The minimum atomic E-state index is -4.60. The minimum absolute atomic E-state index is 0.142. The van der Waals surface area contributed by atoms with E-state index in [1.165, 1.54) is 0 Å². The van der Waals surface area contributed by atoms with Crippen LogP contribution in [0.15, 0.2) is 18.5 Å². The maximum Gasteiger partial charge on any atom is 0.417 e. The number of nitrogens with one attached hydrogen (secondary N) is 1. The van der Waals surface area contributed by atoms with Gasteiger partial charge in [0.05, 0.1) is 17.0 Å². The third kappa shape index (κ3) is 4.67. The molecule has 1 saturated heterocycles. The molecule has 1 aromatic heterocycles. The molecular weight excluding hydrogens is 329 g/mol. The average molecular weight is 346 g/mol. The Morgan fingerprint density at radius 3 is 2.58 bits per heavy atom. The van der Waals surface area contributed by atoms with Crippen LogP contribution in [0.5, 0.6) is 0 Å². The van der Waals surface area contributed by atoms with E-state index < -0.39 is 29.5 Å². The molecule has 1 atom stereocenters. The predicted octanol–water partition coefficient (Wildman–Crippen LogP) is 1.96. The number of carbonyl (C=O) groups is 2. The summed E-state index contributed by atoms with van der Waals surface area (Å²) in [7, 11) is 0. The van der Waals surface area contributed by atoms with E-state index in [9.17, 15) is 27.9 Å². The van der Waals surface area contributed by atoms with Crippen molar-refractivity contribution < 1.29 is 32.6 Å². The van der Waals surface area contributed by atoms with E-state index in [4.69, 9.17) is 4.74 Å². The lowest BCUT2D eigenvalue weighted by Crippen LogP contribution is -2.39. The van der Waals surface area contributed by atoms with Crippen LogP contribution >= 0.6 is 0 Å². The highest BCUT2D eigenvalue weighted by atomic mass is 19.4. The van der Waals surface area contributed by atoms with Gasteiger partial charge in [0.25, 0.3) is 5.91 Å². The molecule has 24 heavy (non-hydrogen) atoms. The third-order valence-electron chi connectivity index (χ3n) is 3.96. The van der Waals surface area contributed by atoms with Crippen LogP contribution in [0.1, 0.15) is 28.8 Å². The summed E-state index contributed by atoms with van der Waals surface area (Å²) in [5.74, 6) is -2.79. The van der Waals surface area contributed by atoms with Gasteiger partial charge >= 0.3 is 12.1 Å².